The number of H-pyrrole nitrogens is 1. The summed E-state index contributed by atoms with van der Waals surface area (Å²) in [6.07, 6.45) is 4.55. The Morgan fingerprint density at radius 3 is 2.90 bits per heavy atom. The maximum atomic E-state index is 5.29. The lowest BCUT2D eigenvalue weighted by atomic mass is 9.93. The van der Waals surface area contributed by atoms with Crippen molar-refractivity contribution < 1.29 is 4.74 Å². The van der Waals surface area contributed by atoms with E-state index in [1.165, 1.54) is 34.9 Å². The van der Waals surface area contributed by atoms with Gasteiger partial charge in [-0.25, -0.2) is 0 Å². The first-order valence-electron chi connectivity index (χ1n) is 7.09. The Kier molecular flexibility index (Phi) is 2.56. The summed E-state index contributed by atoms with van der Waals surface area (Å²) >= 11 is 0. The number of nitrogens with one attached hydrogen (secondary N) is 1. The predicted molar refractivity (Wildman–Crippen MR) is 81.5 cm³/mol. The monoisotopic (exact) mass is 263 g/mol. The smallest absolute Gasteiger partial charge is 0.120 e. The molecule has 0 radical (unpaired) electrons. The molecule has 1 atom stereocenters. The summed E-state index contributed by atoms with van der Waals surface area (Å²) in [6.45, 7) is 0. The van der Waals surface area contributed by atoms with Gasteiger partial charge in [0.1, 0.15) is 5.75 Å². The molecule has 0 fully saturated rings. The summed E-state index contributed by atoms with van der Waals surface area (Å²) in [4.78, 5) is 3.39. The zero-order valence-electron chi connectivity index (χ0n) is 11.5. The van der Waals surface area contributed by atoms with Crippen LogP contribution in [-0.4, -0.2) is 12.1 Å². The highest BCUT2D eigenvalue weighted by atomic mass is 16.5. The molecular weight excluding hydrogens is 246 g/mol. The number of methoxy groups -OCH3 is 1. The van der Waals surface area contributed by atoms with Gasteiger partial charge >= 0.3 is 0 Å². The minimum atomic E-state index is 0.522. The summed E-state index contributed by atoms with van der Waals surface area (Å²) in [6, 6.07) is 15.1. The second kappa shape index (κ2) is 4.41. The van der Waals surface area contributed by atoms with Gasteiger partial charge in [-0.15, -0.1) is 0 Å². The lowest BCUT2D eigenvalue weighted by molar-refractivity contribution is 0.415. The number of benzene rings is 2. The largest absolute Gasteiger partial charge is 0.497 e. The zero-order chi connectivity index (χ0) is 13.5. The number of aromatic nitrogens is 1. The maximum Gasteiger partial charge on any atom is 0.120 e. The fourth-order valence-corrected chi connectivity index (χ4v) is 3.42. The van der Waals surface area contributed by atoms with Gasteiger partial charge in [0.15, 0.2) is 0 Å². The van der Waals surface area contributed by atoms with Gasteiger partial charge in [-0.05, 0) is 41.7 Å². The molecule has 1 aliphatic carbocycles. The summed E-state index contributed by atoms with van der Waals surface area (Å²) in [5.41, 5.74) is 5.56. The molecule has 3 aromatic rings. The molecule has 2 nitrogen and oxygen atoms in total. The number of ether oxygens (including phenoxy) is 1. The van der Waals surface area contributed by atoms with E-state index in [0.717, 1.165) is 11.3 Å². The van der Waals surface area contributed by atoms with Crippen LogP contribution in [0.2, 0.25) is 0 Å². The molecule has 0 spiro atoms. The number of aromatic amines is 1. The van der Waals surface area contributed by atoms with Crippen molar-refractivity contribution in [2.24, 2.45) is 0 Å². The normalized spacial score (nSPS) is 17.4. The number of hydrogen-bond acceptors (Lipinski definition) is 1. The van der Waals surface area contributed by atoms with Crippen LogP contribution in [0.3, 0.4) is 0 Å². The van der Waals surface area contributed by atoms with E-state index in [1.54, 1.807) is 7.11 Å². The van der Waals surface area contributed by atoms with Crippen molar-refractivity contribution in [3.63, 3.8) is 0 Å². The van der Waals surface area contributed by atoms with Crippen LogP contribution in [0.15, 0.2) is 48.7 Å². The van der Waals surface area contributed by atoms with Crippen LogP contribution in [0, 0.1) is 0 Å². The van der Waals surface area contributed by atoms with Crippen LogP contribution >= 0.6 is 0 Å². The minimum Gasteiger partial charge on any atom is -0.497 e. The van der Waals surface area contributed by atoms with Crippen LogP contribution in [0.25, 0.3) is 10.9 Å². The number of fused-ring (bicyclic) bond motifs is 2. The molecule has 0 aliphatic heterocycles. The van der Waals surface area contributed by atoms with Gasteiger partial charge in [-0.3, -0.25) is 0 Å². The molecule has 1 N–H and O–H groups in total. The SMILES string of the molecule is COc1ccc2c(C3CCc4ccccc43)c[nH]c2c1. The Morgan fingerprint density at radius 2 is 2.00 bits per heavy atom. The summed E-state index contributed by atoms with van der Waals surface area (Å²) < 4.78 is 5.29. The van der Waals surface area contributed by atoms with Crippen molar-refractivity contribution >= 4 is 10.9 Å². The van der Waals surface area contributed by atoms with Crippen molar-refractivity contribution in [2.75, 3.05) is 7.11 Å². The zero-order valence-corrected chi connectivity index (χ0v) is 11.5. The first kappa shape index (κ1) is 11.6. The van der Waals surface area contributed by atoms with Gasteiger partial charge < -0.3 is 9.72 Å². The Hall–Kier alpha value is -2.22. The van der Waals surface area contributed by atoms with Gasteiger partial charge in [-0.1, -0.05) is 24.3 Å². The third-order valence-electron chi connectivity index (χ3n) is 4.43. The Balaban J connectivity index is 1.84. The van der Waals surface area contributed by atoms with E-state index in [-0.39, 0.29) is 0 Å². The summed E-state index contributed by atoms with van der Waals surface area (Å²) in [7, 11) is 1.71. The lowest BCUT2D eigenvalue weighted by Crippen LogP contribution is -1.94. The topological polar surface area (TPSA) is 25.0 Å². The Morgan fingerprint density at radius 1 is 1.10 bits per heavy atom. The van der Waals surface area contributed by atoms with E-state index in [0.29, 0.717) is 5.92 Å². The molecule has 0 bridgehead atoms. The second-order valence-corrected chi connectivity index (χ2v) is 5.45. The second-order valence-electron chi connectivity index (χ2n) is 5.45. The van der Waals surface area contributed by atoms with Gasteiger partial charge in [-0.2, -0.15) is 0 Å². The van der Waals surface area contributed by atoms with E-state index < -0.39 is 0 Å². The third kappa shape index (κ3) is 1.64. The number of rotatable bonds is 2. The van der Waals surface area contributed by atoms with Crippen molar-refractivity contribution in [1.29, 1.82) is 0 Å². The average molecular weight is 263 g/mol. The highest BCUT2D eigenvalue weighted by Crippen LogP contribution is 2.41. The minimum absolute atomic E-state index is 0.522. The summed E-state index contributed by atoms with van der Waals surface area (Å²) in [5, 5.41) is 1.31. The fraction of sp³-hybridized carbons (Fsp3) is 0.222. The summed E-state index contributed by atoms with van der Waals surface area (Å²) in [5.74, 6) is 1.42. The molecule has 0 amide bonds. The molecule has 2 heteroatoms. The average Bonchev–Trinajstić information content (AvgIpc) is 3.09. The van der Waals surface area contributed by atoms with Crippen molar-refractivity contribution in [3.8, 4) is 5.75 Å². The highest BCUT2D eigenvalue weighted by Gasteiger charge is 2.25. The van der Waals surface area contributed by atoms with E-state index >= 15 is 0 Å². The molecule has 2 aromatic carbocycles. The van der Waals surface area contributed by atoms with Crippen LogP contribution < -0.4 is 4.74 Å². The van der Waals surface area contributed by atoms with E-state index in [2.05, 4.69) is 47.6 Å². The van der Waals surface area contributed by atoms with Gasteiger partial charge in [0, 0.05) is 29.1 Å². The van der Waals surface area contributed by atoms with Gasteiger partial charge in [0.05, 0.1) is 7.11 Å². The quantitative estimate of drug-likeness (QED) is 0.734. The molecule has 20 heavy (non-hydrogen) atoms. The molecule has 100 valence electrons. The number of hydrogen-bond donors (Lipinski definition) is 1. The number of aryl methyl sites for hydroxylation is 1. The fourth-order valence-electron chi connectivity index (χ4n) is 3.42. The molecule has 1 unspecified atom stereocenters. The maximum absolute atomic E-state index is 5.29. The van der Waals surface area contributed by atoms with Crippen LogP contribution in [0.5, 0.6) is 5.75 Å². The van der Waals surface area contributed by atoms with E-state index in [1.807, 2.05) is 6.07 Å². The first-order valence-corrected chi connectivity index (χ1v) is 7.09. The van der Waals surface area contributed by atoms with E-state index in [9.17, 15) is 0 Å². The van der Waals surface area contributed by atoms with Crippen molar-refractivity contribution in [2.45, 2.75) is 18.8 Å². The van der Waals surface area contributed by atoms with Crippen LogP contribution in [0.4, 0.5) is 0 Å². The molecule has 1 heterocycles. The van der Waals surface area contributed by atoms with Crippen molar-refractivity contribution in [1.82, 2.24) is 4.98 Å². The van der Waals surface area contributed by atoms with Gasteiger partial charge in [0.2, 0.25) is 0 Å². The predicted octanol–water partition coefficient (Wildman–Crippen LogP) is 4.25. The highest BCUT2D eigenvalue weighted by molar-refractivity contribution is 5.85. The van der Waals surface area contributed by atoms with Crippen LogP contribution in [-0.2, 0) is 6.42 Å². The molecule has 4 rings (SSSR count). The molecule has 1 aliphatic rings. The molecule has 0 saturated heterocycles. The van der Waals surface area contributed by atoms with Crippen molar-refractivity contribution in [3.05, 3.63) is 65.4 Å². The molecular formula is C18H17NO. The first-order chi connectivity index (χ1) is 9.86. The molecule has 1 aromatic heterocycles. The standard InChI is InChI=1S/C18H17NO/c1-20-13-7-9-16-17(11-19-18(16)10-13)15-8-6-12-4-2-3-5-14(12)15/h2-5,7,9-11,15,19H,6,8H2,1H3. The third-order valence-corrected chi connectivity index (χ3v) is 4.43. The molecule has 0 saturated carbocycles. The van der Waals surface area contributed by atoms with Gasteiger partial charge in [0.25, 0.3) is 0 Å². The van der Waals surface area contributed by atoms with Crippen LogP contribution in [0.1, 0.15) is 29.0 Å². The Bertz CT molecular complexity index is 772. The van der Waals surface area contributed by atoms with E-state index in [4.69, 9.17) is 4.74 Å². The lowest BCUT2D eigenvalue weighted by Gasteiger charge is -2.11. The Labute approximate surface area is 118 Å².